The van der Waals surface area contributed by atoms with E-state index in [0.29, 0.717) is 0 Å². The first-order valence-corrected chi connectivity index (χ1v) is 9.72. The predicted octanol–water partition coefficient (Wildman–Crippen LogP) is 2.80. The molecule has 0 spiro atoms. The van der Waals surface area contributed by atoms with Gasteiger partial charge in [-0.2, -0.15) is 0 Å². The van der Waals surface area contributed by atoms with E-state index in [1.54, 1.807) is 12.1 Å². The molecule has 1 heterocycles. The van der Waals surface area contributed by atoms with Gasteiger partial charge in [-0.3, -0.25) is 24.5 Å². The van der Waals surface area contributed by atoms with Gasteiger partial charge in [0, 0.05) is 23.9 Å². The third kappa shape index (κ3) is 6.27. The molecule has 0 saturated carbocycles. The number of esters is 1. The van der Waals surface area contributed by atoms with Crippen molar-refractivity contribution in [3.8, 4) is 5.75 Å². The van der Waals surface area contributed by atoms with Crippen LogP contribution in [-0.4, -0.2) is 35.9 Å². The largest absolute Gasteiger partial charge is 0.495 e. The monoisotopic (exact) mass is 435 g/mol. The highest BCUT2D eigenvalue weighted by molar-refractivity contribution is 7.10. The number of hydrogen-bond donors (Lipinski definition) is 2. The number of carbonyl (C=O) groups excluding carboxylic acids is 3. The van der Waals surface area contributed by atoms with E-state index in [0.717, 1.165) is 10.9 Å². The number of nitrogens with zero attached hydrogens (tertiary/aromatic N) is 1. The number of rotatable bonds is 9. The molecule has 10 nitrogen and oxygen atoms in total. The minimum Gasteiger partial charge on any atom is -0.495 e. The van der Waals surface area contributed by atoms with E-state index in [1.165, 1.54) is 44.4 Å². The maximum absolute atomic E-state index is 12.4. The van der Waals surface area contributed by atoms with Gasteiger partial charge in [0.1, 0.15) is 5.75 Å². The lowest BCUT2D eigenvalue weighted by Gasteiger charge is -2.18. The Balaban J connectivity index is 2.03. The van der Waals surface area contributed by atoms with Gasteiger partial charge in [0.05, 0.1) is 30.2 Å². The summed E-state index contributed by atoms with van der Waals surface area (Å²) in [6.07, 6.45) is -1.33. The average molecular weight is 435 g/mol. The summed E-state index contributed by atoms with van der Waals surface area (Å²) in [5.74, 6) is -1.45. The molecule has 160 valence electrons. The molecule has 0 aliphatic heterocycles. The molecule has 2 N–H and O–H groups in total. The fourth-order valence-corrected chi connectivity index (χ4v) is 3.34. The van der Waals surface area contributed by atoms with Gasteiger partial charge >= 0.3 is 5.97 Å². The Morgan fingerprint density at radius 2 is 2.00 bits per heavy atom. The van der Waals surface area contributed by atoms with Crippen molar-refractivity contribution in [1.82, 2.24) is 5.32 Å². The maximum atomic E-state index is 12.4. The molecule has 2 atom stereocenters. The molecule has 0 saturated heterocycles. The zero-order valence-electron chi connectivity index (χ0n) is 16.5. The van der Waals surface area contributed by atoms with Gasteiger partial charge in [-0.05, 0) is 24.4 Å². The number of nitrogens with one attached hydrogen (secondary N) is 2. The van der Waals surface area contributed by atoms with Crippen LogP contribution in [0.2, 0.25) is 0 Å². The molecule has 0 fully saturated rings. The Morgan fingerprint density at radius 3 is 2.57 bits per heavy atom. The van der Waals surface area contributed by atoms with Crippen LogP contribution < -0.4 is 15.4 Å². The van der Waals surface area contributed by atoms with E-state index in [4.69, 9.17) is 9.47 Å². The highest BCUT2D eigenvalue weighted by Gasteiger charge is 2.24. The Hall–Kier alpha value is -3.47. The number of thiophene rings is 1. The summed E-state index contributed by atoms with van der Waals surface area (Å²) in [5, 5.41) is 17.9. The Morgan fingerprint density at radius 1 is 1.27 bits per heavy atom. The Kier molecular flexibility index (Phi) is 7.87. The normalized spacial score (nSPS) is 12.4. The van der Waals surface area contributed by atoms with Gasteiger partial charge in [0.15, 0.2) is 6.10 Å². The van der Waals surface area contributed by atoms with Gasteiger partial charge in [0.2, 0.25) is 5.91 Å². The third-order valence-electron chi connectivity index (χ3n) is 3.96. The van der Waals surface area contributed by atoms with Crippen LogP contribution in [0.3, 0.4) is 0 Å². The van der Waals surface area contributed by atoms with Gasteiger partial charge in [0.25, 0.3) is 11.6 Å². The van der Waals surface area contributed by atoms with E-state index in [-0.39, 0.29) is 29.5 Å². The van der Waals surface area contributed by atoms with Gasteiger partial charge in [-0.15, -0.1) is 11.3 Å². The second-order valence-electron chi connectivity index (χ2n) is 6.24. The molecule has 0 aliphatic carbocycles. The van der Waals surface area contributed by atoms with E-state index >= 15 is 0 Å². The number of methoxy groups -OCH3 is 1. The summed E-state index contributed by atoms with van der Waals surface area (Å²) in [7, 11) is 1.35. The molecule has 2 unspecified atom stereocenters. The van der Waals surface area contributed by atoms with Crippen molar-refractivity contribution in [2.75, 3.05) is 12.4 Å². The molecule has 11 heteroatoms. The standard InChI is InChI=1S/C19H21N3O7S/c1-11(19(25)21-14-9-13(22(26)27)6-7-16(14)28-3)29-18(24)10-15(20-12(2)23)17-5-4-8-30-17/h4-9,11,15H,10H2,1-3H3,(H,20,23)(H,21,25). The smallest absolute Gasteiger partial charge is 0.309 e. The summed E-state index contributed by atoms with van der Waals surface area (Å²) >= 11 is 1.38. The predicted molar refractivity (Wildman–Crippen MR) is 109 cm³/mol. The van der Waals surface area contributed by atoms with E-state index < -0.39 is 28.9 Å². The molecule has 1 aromatic carbocycles. The lowest BCUT2D eigenvalue weighted by Crippen LogP contribution is -2.33. The van der Waals surface area contributed by atoms with Crippen molar-refractivity contribution in [2.24, 2.45) is 0 Å². The summed E-state index contributed by atoms with van der Waals surface area (Å²) in [6.45, 7) is 2.71. The van der Waals surface area contributed by atoms with Crippen LogP contribution >= 0.6 is 11.3 Å². The summed E-state index contributed by atoms with van der Waals surface area (Å²) in [4.78, 5) is 47.2. The van der Waals surface area contributed by atoms with Crippen molar-refractivity contribution in [1.29, 1.82) is 0 Å². The first-order valence-electron chi connectivity index (χ1n) is 8.84. The second kappa shape index (κ2) is 10.3. The summed E-state index contributed by atoms with van der Waals surface area (Å²) in [6, 6.07) is 6.75. The quantitative estimate of drug-likeness (QED) is 0.351. The minimum absolute atomic E-state index is 0.0781. The number of nitro benzene ring substituents is 1. The molecular weight excluding hydrogens is 414 g/mol. The number of benzene rings is 1. The minimum atomic E-state index is -1.18. The highest BCUT2D eigenvalue weighted by atomic mass is 32.1. The number of amides is 2. The Labute approximate surface area is 176 Å². The number of carbonyl (C=O) groups is 3. The SMILES string of the molecule is COc1ccc([N+](=O)[O-])cc1NC(=O)C(C)OC(=O)CC(NC(C)=O)c1cccs1. The molecule has 1 aromatic heterocycles. The van der Waals surface area contributed by atoms with Crippen LogP contribution in [0, 0.1) is 10.1 Å². The topological polar surface area (TPSA) is 137 Å². The van der Waals surface area contributed by atoms with Crippen LogP contribution in [0.1, 0.15) is 31.2 Å². The summed E-state index contributed by atoms with van der Waals surface area (Å²) < 4.78 is 10.3. The van der Waals surface area contributed by atoms with E-state index in [2.05, 4.69) is 10.6 Å². The van der Waals surface area contributed by atoms with E-state index in [1.807, 2.05) is 5.38 Å². The Bertz CT molecular complexity index is 930. The third-order valence-corrected chi connectivity index (χ3v) is 4.95. The van der Waals surface area contributed by atoms with Crippen LogP contribution in [0.5, 0.6) is 5.75 Å². The molecule has 2 rings (SSSR count). The molecule has 30 heavy (non-hydrogen) atoms. The fraction of sp³-hybridized carbons (Fsp3) is 0.316. The van der Waals surface area contributed by atoms with Crippen molar-refractivity contribution in [3.05, 3.63) is 50.7 Å². The number of hydrogen-bond acceptors (Lipinski definition) is 8. The summed E-state index contributed by atoms with van der Waals surface area (Å²) in [5.41, 5.74) is -0.154. The van der Waals surface area contributed by atoms with Gasteiger partial charge in [-0.25, -0.2) is 0 Å². The molecule has 0 bridgehead atoms. The van der Waals surface area contributed by atoms with Crippen LogP contribution in [0.4, 0.5) is 11.4 Å². The first kappa shape index (κ1) is 22.8. The maximum Gasteiger partial charge on any atom is 0.309 e. The van der Waals surface area contributed by atoms with Crippen LogP contribution in [0.15, 0.2) is 35.7 Å². The van der Waals surface area contributed by atoms with Crippen LogP contribution in [-0.2, 0) is 19.1 Å². The lowest BCUT2D eigenvalue weighted by atomic mass is 10.1. The molecule has 0 radical (unpaired) electrons. The van der Waals surface area contributed by atoms with E-state index in [9.17, 15) is 24.5 Å². The van der Waals surface area contributed by atoms with Crippen LogP contribution in [0.25, 0.3) is 0 Å². The van der Waals surface area contributed by atoms with Crippen molar-refractivity contribution >= 4 is 40.5 Å². The number of nitro groups is 1. The first-order chi connectivity index (χ1) is 14.2. The zero-order chi connectivity index (χ0) is 22.3. The molecule has 2 aromatic rings. The number of ether oxygens (including phenoxy) is 2. The number of non-ortho nitro benzene ring substituents is 1. The molecule has 0 aliphatic rings. The second-order valence-corrected chi connectivity index (χ2v) is 7.21. The van der Waals surface area contributed by atoms with Gasteiger partial charge < -0.3 is 20.1 Å². The van der Waals surface area contributed by atoms with Crippen molar-refractivity contribution < 1.29 is 28.8 Å². The van der Waals surface area contributed by atoms with Crippen molar-refractivity contribution in [2.45, 2.75) is 32.4 Å². The zero-order valence-corrected chi connectivity index (χ0v) is 17.4. The average Bonchev–Trinajstić information content (AvgIpc) is 3.21. The highest BCUT2D eigenvalue weighted by Crippen LogP contribution is 2.29. The molecule has 2 amide bonds. The molecular formula is C19H21N3O7S. The lowest BCUT2D eigenvalue weighted by molar-refractivity contribution is -0.384. The fourth-order valence-electron chi connectivity index (χ4n) is 2.56. The van der Waals surface area contributed by atoms with Crippen molar-refractivity contribution in [3.63, 3.8) is 0 Å². The number of anilines is 1. The van der Waals surface area contributed by atoms with Gasteiger partial charge in [-0.1, -0.05) is 6.07 Å².